The predicted molar refractivity (Wildman–Crippen MR) is 188 cm³/mol. The van der Waals surface area contributed by atoms with Gasteiger partial charge in [-0.3, -0.25) is 19.8 Å². The summed E-state index contributed by atoms with van der Waals surface area (Å²) in [6, 6.07) is 4.68. The van der Waals surface area contributed by atoms with Gasteiger partial charge in [-0.25, -0.2) is 13.2 Å². The lowest BCUT2D eigenvalue weighted by atomic mass is 10.0. The van der Waals surface area contributed by atoms with Crippen molar-refractivity contribution in [1.82, 2.24) is 4.31 Å². The van der Waals surface area contributed by atoms with Gasteiger partial charge >= 0.3 is 11.9 Å². The van der Waals surface area contributed by atoms with Crippen LogP contribution in [-0.4, -0.2) is 55.4 Å². The van der Waals surface area contributed by atoms with Gasteiger partial charge in [0.25, 0.3) is 5.69 Å². The molecule has 0 aliphatic heterocycles. The Kier molecular flexibility index (Phi) is 24.7. The largest absolute Gasteiger partial charge is 0.462 e. The Bertz CT molecular complexity index is 1100. The first-order chi connectivity index (χ1) is 23.1. The molecule has 0 aromatic heterocycles. The highest BCUT2D eigenvalue weighted by molar-refractivity contribution is 7.89. The van der Waals surface area contributed by atoms with E-state index in [-0.39, 0.29) is 61.4 Å². The number of unbranched alkanes of at least 4 members (excludes halogenated alkanes) is 12. The summed E-state index contributed by atoms with van der Waals surface area (Å²) in [6.45, 7) is 6.83. The second-order valence-corrected chi connectivity index (χ2v) is 14.5. The number of carbonyl (C=O) groups is 2. The molecule has 0 saturated carbocycles. The van der Waals surface area contributed by atoms with Gasteiger partial charge in [-0.15, -0.1) is 0 Å². The highest BCUT2D eigenvalue weighted by Crippen LogP contribution is 2.22. The average molecular weight is 699 g/mol. The molecule has 0 aliphatic carbocycles. The maximum absolute atomic E-state index is 13.5. The van der Waals surface area contributed by atoms with Crippen molar-refractivity contribution in [2.24, 2.45) is 0 Å². The number of hydrogen-bond acceptors (Lipinski definition) is 9. The highest BCUT2D eigenvalue weighted by Gasteiger charge is 2.26. The molecule has 1 rings (SSSR count). The van der Waals surface area contributed by atoms with Crippen molar-refractivity contribution >= 4 is 27.6 Å². The van der Waals surface area contributed by atoms with Crippen LogP contribution in [0.3, 0.4) is 0 Å². The van der Waals surface area contributed by atoms with Crippen molar-refractivity contribution < 1.29 is 37.4 Å². The van der Waals surface area contributed by atoms with Crippen LogP contribution in [0, 0.1) is 10.1 Å². The molecular weight excluding hydrogens is 636 g/mol. The summed E-state index contributed by atoms with van der Waals surface area (Å²) in [5.74, 6) is -0.930. The number of nitro benzene ring substituents is 1. The number of nitrogens with zero attached hydrogens (tertiary/aromatic N) is 2. The van der Waals surface area contributed by atoms with Gasteiger partial charge in [-0.1, -0.05) is 97.8 Å². The van der Waals surface area contributed by atoms with Gasteiger partial charge in [0.1, 0.15) is 6.10 Å². The Balaban J connectivity index is 2.76. The minimum absolute atomic E-state index is 0.00136. The van der Waals surface area contributed by atoms with E-state index >= 15 is 0 Å². The lowest BCUT2D eigenvalue weighted by molar-refractivity contribution is -0.384. The standard InChI is InChI=1S/C36H62N2O9S/c1-4-7-10-13-16-21-33(22-17-14-11-8-5-2)46-35(39)23-19-29-37(48(43,44)34-27-25-32(26-28-34)38(41)42)30-20-24-36(40)47-45-31-18-15-12-9-6-3/h25-28,33H,4-24,29-31H2,1-3H3. The van der Waals surface area contributed by atoms with Crippen LogP contribution < -0.4 is 0 Å². The number of hydrogen-bond donors (Lipinski definition) is 0. The lowest BCUT2D eigenvalue weighted by Crippen LogP contribution is -2.34. The highest BCUT2D eigenvalue weighted by atomic mass is 32.2. The van der Waals surface area contributed by atoms with Crippen molar-refractivity contribution in [3.63, 3.8) is 0 Å². The molecule has 276 valence electrons. The third kappa shape index (κ3) is 20.1. The van der Waals surface area contributed by atoms with Gasteiger partial charge < -0.3 is 4.74 Å². The van der Waals surface area contributed by atoms with Crippen molar-refractivity contribution in [2.75, 3.05) is 19.7 Å². The summed E-state index contributed by atoms with van der Waals surface area (Å²) in [6.07, 6.45) is 18.5. The molecule has 0 N–H and O–H groups in total. The first-order valence-electron chi connectivity index (χ1n) is 18.4. The molecule has 12 heteroatoms. The zero-order valence-electron chi connectivity index (χ0n) is 29.8. The first-order valence-corrected chi connectivity index (χ1v) is 19.9. The van der Waals surface area contributed by atoms with Gasteiger partial charge in [0.15, 0.2) is 0 Å². The summed E-state index contributed by atoms with van der Waals surface area (Å²) >= 11 is 0. The smallest absolute Gasteiger partial charge is 0.342 e. The minimum atomic E-state index is -4.06. The summed E-state index contributed by atoms with van der Waals surface area (Å²) in [5, 5.41) is 11.1. The molecule has 0 atom stereocenters. The molecule has 11 nitrogen and oxygen atoms in total. The summed E-state index contributed by atoms with van der Waals surface area (Å²) in [5.41, 5.74) is -0.221. The fourth-order valence-electron chi connectivity index (χ4n) is 5.41. The molecular formula is C36H62N2O9S. The second-order valence-electron chi connectivity index (χ2n) is 12.6. The molecule has 0 amide bonds. The summed E-state index contributed by atoms with van der Waals surface area (Å²) < 4.78 is 34.2. The van der Waals surface area contributed by atoms with Gasteiger partial charge in [0.05, 0.1) is 22.8 Å². The Morgan fingerprint density at radius 1 is 0.708 bits per heavy atom. The minimum Gasteiger partial charge on any atom is -0.462 e. The van der Waals surface area contributed by atoms with Crippen LogP contribution in [0.4, 0.5) is 5.69 Å². The second kappa shape index (κ2) is 27.3. The molecule has 0 heterocycles. The van der Waals surface area contributed by atoms with E-state index in [0.717, 1.165) is 82.8 Å². The number of carbonyl (C=O) groups excluding carboxylic acids is 2. The number of benzene rings is 1. The third-order valence-corrected chi connectivity index (χ3v) is 10.2. The van der Waals surface area contributed by atoms with E-state index in [1.807, 2.05) is 0 Å². The van der Waals surface area contributed by atoms with Crippen molar-refractivity contribution in [1.29, 1.82) is 0 Å². The average Bonchev–Trinajstić information content (AvgIpc) is 3.06. The van der Waals surface area contributed by atoms with Gasteiger partial charge in [0.2, 0.25) is 10.0 Å². The first kappa shape index (κ1) is 43.5. The van der Waals surface area contributed by atoms with Crippen LogP contribution in [0.15, 0.2) is 29.2 Å². The van der Waals surface area contributed by atoms with Crippen LogP contribution in [-0.2, 0) is 34.1 Å². The number of sulfonamides is 1. The van der Waals surface area contributed by atoms with Crippen LogP contribution in [0.1, 0.15) is 156 Å². The number of rotatable bonds is 31. The van der Waals surface area contributed by atoms with E-state index < -0.39 is 20.9 Å². The molecule has 1 aromatic carbocycles. The Morgan fingerprint density at radius 2 is 1.19 bits per heavy atom. The Hall–Kier alpha value is -2.57. The van der Waals surface area contributed by atoms with Crippen molar-refractivity contribution in [2.45, 2.75) is 167 Å². The molecule has 0 aliphatic rings. The molecule has 0 spiro atoms. The quantitative estimate of drug-likeness (QED) is 0.0244. The van der Waals surface area contributed by atoms with E-state index in [0.29, 0.717) is 6.61 Å². The summed E-state index contributed by atoms with van der Waals surface area (Å²) in [4.78, 5) is 45.4. The van der Waals surface area contributed by atoms with Crippen molar-refractivity contribution in [3.05, 3.63) is 34.4 Å². The lowest BCUT2D eigenvalue weighted by Gasteiger charge is -2.22. The molecule has 0 saturated heterocycles. The molecule has 0 radical (unpaired) electrons. The zero-order chi connectivity index (χ0) is 35.5. The third-order valence-electron chi connectivity index (χ3n) is 8.30. The van der Waals surface area contributed by atoms with E-state index in [1.54, 1.807) is 0 Å². The van der Waals surface area contributed by atoms with E-state index in [1.165, 1.54) is 55.0 Å². The fraction of sp³-hybridized carbons (Fsp3) is 0.778. The zero-order valence-corrected chi connectivity index (χ0v) is 30.7. The fourth-order valence-corrected chi connectivity index (χ4v) is 6.93. The normalized spacial score (nSPS) is 11.7. The SMILES string of the molecule is CCCCCCCOOC(=O)CCCN(CCCC(=O)OC(CCCCCCC)CCCCCCC)S(=O)(=O)c1ccc([N+](=O)[O-])cc1. The number of nitro groups is 1. The van der Waals surface area contributed by atoms with Gasteiger partial charge in [-0.05, 0) is 57.1 Å². The topological polar surface area (TPSA) is 142 Å². The van der Waals surface area contributed by atoms with Gasteiger partial charge in [0, 0.05) is 31.6 Å². The molecule has 0 unspecified atom stereocenters. The van der Waals surface area contributed by atoms with Crippen LogP contribution in [0.2, 0.25) is 0 Å². The van der Waals surface area contributed by atoms with Crippen LogP contribution in [0.5, 0.6) is 0 Å². The van der Waals surface area contributed by atoms with Crippen molar-refractivity contribution in [3.8, 4) is 0 Å². The monoisotopic (exact) mass is 698 g/mol. The molecule has 0 fully saturated rings. The Morgan fingerprint density at radius 3 is 1.69 bits per heavy atom. The maximum atomic E-state index is 13.5. The summed E-state index contributed by atoms with van der Waals surface area (Å²) in [7, 11) is -4.06. The molecule has 0 bridgehead atoms. The molecule has 1 aromatic rings. The van der Waals surface area contributed by atoms with Crippen LogP contribution >= 0.6 is 0 Å². The van der Waals surface area contributed by atoms with Crippen LogP contribution in [0.25, 0.3) is 0 Å². The number of ether oxygens (including phenoxy) is 1. The Labute approximate surface area is 289 Å². The molecule has 48 heavy (non-hydrogen) atoms. The van der Waals surface area contributed by atoms with E-state index in [2.05, 4.69) is 20.8 Å². The number of non-ortho nitro benzene ring substituents is 1. The van der Waals surface area contributed by atoms with E-state index in [9.17, 15) is 28.1 Å². The predicted octanol–water partition coefficient (Wildman–Crippen LogP) is 9.22. The maximum Gasteiger partial charge on any atom is 0.342 e. The van der Waals surface area contributed by atoms with Gasteiger partial charge in [-0.2, -0.15) is 9.19 Å². The van der Waals surface area contributed by atoms with E-state index in [4.69, 9.17) is 14.5 Å². The number of esters is 1.